The highest BCUT2D eigenvalue weighted by Gasteiger charge is 2.58. The van der Waals surface area contributed by atoms with E-state index in [1.165, 1.54) is 25.7 Å². The van der Waals surface area contributed by atoms with E-state index >= 15 is 0 Å². The largest absolute Gasteiger partial charge is 0.378 e. The molecule has 2 aliphatic rings. The molecule has 1 aromatic heterocycles. The van der Waals surface area contributed by atoms with Gasteiger partial charge in [0.05, 0.1) is 17.8 Å². The lowest BCUT2D eigenvalue weighted by Gasteiger charge is -2.57. The van der Waals surface area contributed by atoms with Crippen LogP contribution < -0.4 is 0 Å². The van der Waals surface area contributed by atoms with Crippen LogP contribution in [-0.2, 0) is 16.1 Å². The van der Waals surface area contributed by atoms with Crippen molar-refractivity contribution in [2.75, 3.05) is 13.7 Å². The molecule has 1 aromatic carbocycles. The van der Waals surface area contributed by atoms with Gasteiger partial charge in [0.25, 0.3) is 0 Å². The molecule has 0 N–H and O–H groups in total. The molecule has 2 atom stereocenters. The highest BCUT2D eigenvalue weighted by atomic mass is 16.5. The molecule has 4 rings (SSSR count). The van der Waals surface area contributed by atoms with Crippen LogP contribution in [0.5, 0.6) is 0 Å². The van der Waals surface area contributed by atoms with Crippen LogP contribution in [0, 0.1) is 5.41 Å². The fraction of sp³-hybridized carbons (Fsp3) is 0.600. The molecule has 2 aliphatic carbocycles. The van der Waals surface area contributed by atoms with Crippen LogP contribution in [0.15, 0.2) is 30.5 Å². The van der Waals surface area contributed by atoms with E-state index < -0.39 is 0 Å². The number of carbonyl (C=O) groups is 1. The Kier molecular flexibility index (Phi) is 4.28. The smallest absolute Gasteiger partial charge is 0.244 e. The van der Waals surface area contributed by atoms with E-state index in [4.69, 9.17) is 4.74 Å². The molecule has 1 spiro atoms. The monoisotopic (exact) mass is 341 g/mol. The molecule has 134 valence electrons. The molecule has 25 heavy (non-hydrogen) atoms. The van der Waals surface area contributed by atoms with Crippen molar-refractivity contribution in [1.82, 2.24) is 14.7 Å². The molecule has 0 saturated heterocycles. The lowest BCUT2D eigenvalue weighted by molar-refractivity contribution is -0.172. The predicted octanol–water partition coefficient (Wildman–Crippen LogP) is 3.23. The van der Waals surface area contributed by atoms with Gasteiger partial charge in [0.15, 0.2) is 0 Å². The molecule has 1 amide bonds. The minimum atomic E-state index is 0.139. The van der Waals surface area contributed by atoms with Gasteiger partial charge in [-0.25, -0.2) is 0 Å². The molecule has 0 bridgehead atoms. The lowest BCUT2D eigenvalue weighted by Crippen LogP contribution is -2.64. The van der Waals surface area contributed by atoms with Gasteiger partial charge in [0, 0.05) is 30.5 Å². The molecule has 5 heteroatoms. The van der Waals surface area contributed by atoms with E-state index in [1.54, 1.807) is 0 Å². The van der Waals surface area contributed by atoms with E-state index in [-0.39, 0.29) is 11.3 Å². The maximum absolute atomic E-state index is 12.9. The van der Waals surface area contributed by atoms with Gasteiger partial charge in [0.1, 0.15) is 6.54 Å². The number of amides is 1. The lowest BCUT2D eigenvalue weighted by atomic mass is 9.60. The number of hydrogen-bond acceptors (Lipinski definition) is 3. The van der Waals surface area contributed by atoms with E-state index in [0.29, 0.717) is 18.7 Å². The van der Waals surface area contributed by atoms with E-state index in [9.17, 15) is 4.79 Å². The van der Waals surface area contributed by atoms with E-state index in [2.05, 4.69) is 12.0 Å². The fourth-order valence-electron chi connectivity index (χ4n) is 4.96. The van der Waals surface area contributed by atoms with Crippen molar-refractivity contribution in [2.24, 2.45) is 5.41 Å². The zero-order valence-electron chi connectivity index (χ0n) is 15.1. The number of aromatic nitrogens is 2. The normalized spacial score (nSPS) is 24.6. The Morgan fingerprint density at radius 3 is 2.88 bits per heavy atom. The maximum Gasteiger partial charge on any atom is 0.244 e. The summed E-state index contributed by atoms with van der Waals surface area (Å²) in [4.78, 5) is 14.9. The number of fused-ring (bicyclic) bond motifs is 1. The van der Waals surface area contributed by atoms with Crippen LogP contribution in [0.2, 0.25) is 0 Å². The summed E-state index contributed by atoms with van der Waals surface area (Å²) < 4.78 is 7.80. The molecule has 1 heterocycles. The zero-order valence-corrected chi connectivity index (χ0v) is 15.1. The maximum atomic E-state index is 12.9. The summed E-state index contributed by atoms with van der Waals surface area (Å²) in [5, 5.41) is 5.47. The Morgan fingerprint density at radius 1 is 1.36 bits per heavy atom. The Hall–Kier alpha value is -1.88. The Balaban J connectivity index is 1.49. The van der Waals surface area contributed by atoms with Crippen molar-refractivity contribution in [3.05, 3.63) is 30.5 Å². The van der Waals surface area contributed by atoms with E-state index in [1.807, 2.05) is 47.1 Å². The quantitative estimate of drug-likeness (QED) is 0.839. The summed E-state index contributed by atoms with van der Waals surface area (Å²) in [6.07, 6.45) is 8.00. The minimum absolute atomic E-state index is 0.139. The first-order valence-electron chi connectivity index (χ1n) is 9.43. The Labute approximate surface area is 148 Å². The topological polar surface area (TPSA) is 47.4 Å². The summed E-state index contributed by atoms with van der Waals surface area (Å²) in [5.74, 6) is 0.139. The molecule has 0 radical (unpaired) electrons. The number of para-hydroxylation sites is 1. The van der Waals surface area contributed by atoms with Crippen molar-refractivity contribution < 1.29 is 9.53 Å². The molecule has 0 unspecified atom stereocenters. The van der Waals surface area contributed by atoms with Gasteiger partial charge in [-0.3, -0.25) is 9.48 Å². The molecular weight excluding hydrogens is 314 g/mol. The molecule has 2 saturated carbocycles. The fourth-order valence-corrected chi connectivity index (χ4v) is 4.96. The first-order chi connectivity index (χ1) is 12.2. The summed E-state index contributed by atoms with van der Waals surface area (Å²) in [7, 11) is 1.96. The number of likely N-dealkylation sites (N-methyl/N-ethyl adjacent to an activating group) is 1. The second-order valence-corrected chi connectivity index (χ2v) is 7.50. The average molecular weight is 341 g/mol. The van der Waals surface area contributed by atoms with Crippen LogP contribution in [0.25, 0.3) is 10.9 Å². The number of ether oxygens (including phenoxy) is 1. The number of benzene rings is 1. The van der Waals surface area contributed by atoms with Gasteiger partial charge in [0.2, 0.25) is 5.91 Å². The third kappa shape index (κ3) is 2.65. The number of nitrogens with zero attached hydrogens (tertiary/aromatic N) is 3. The third-order valence-electron chi connectivity index (χ3n) is 6.34. The Bertz CT molecular complexity index is 763. The highest BCUT2D eigenvalue weighted by Crippen LogP contribution is 2.56. The molecule has 0 aliphatic heterocycles. The number of carbonyl (C=O) groups excluding carboxylic acids is 1. The first-order valence-corrected chi connectivity index (χ1v) is 9.43. The third-order valence-corrected chi connectivity index (χ3v) is 6.34. The Morgan fingerprint density at radius 2 is 2.12 bits per heavy atom. The predicted molar refractivity (Wildman–Crippen MR) is 97.2 cm³/mol. The summed E-state index contributed by atoms with van der Waals surface area (Å²) in [6, 6.07) is 8.33. The van der Waals surface area contributed by atoms with Crippen molar-refractivity contribution in [3.8, 4) is 0 Å². The van der Waals surface area contributed by atoms with Crippen molar-refractivity contribution in [2.45, 2.75) is 57.7 Å². The van der Waals surface area contributed by atoms with Crippen molar-refractivity contribution >= 4 is 16.8 Å². The first kappa shape index (κ1) is 16.6. The van der Waals surface area contributed by atoms with Gasteiger partial charge < -0.3 is 9.64 Å². The summed E-state index contributed by atoms with van der Waals surface area (Å²) in [5.41, 5.74) is 1.20. The molecule has 2 aromatic rings. The van der Waals surface area contributed by atoms with Gasteiger partial charge in [-0.2, -0.15) is 5.10 Å². The van der Waals surface area contributed by atoms with Gasteiger partial charge >= 0.3 is 0 Å². The SMILES string of the molecule is CCO[C@H]1C[C@@H](N(C)C(=O)Cn2ncc3ccccc32)C12CCCC2. The number of hydrogen-bond donors (Lipinski definition) is 0. The summed E-state index contributed by atoms with van der Waals surface area (Å²) >= 11 is 0. The van der Waals surface area contributed by atoms with Crippen LogP contribution >= 0.6 is 0 Å². The van der Waals surface area contributed by atoms with Gasteiger partial charge in [-0.1, -0.05) is 31.0 Å². The van der Waals surface area contributed by atoms with E-state index in [0.717, 1.165) is 23.9 Å². The highest BCUT2D eigenvalue weighted by molar-refractivity contribution is 5.82. The second kappa shape index (κ2) is 6.45. The van der Waals surface area contributed by atoms with Crippen LogP contribution in [0.4, 0.5) is 0 Å². The minimum Gasteiger partial charge on any atom is -0.378 e. The van der Waals surface area contributed by atoms with Crippen LogP contribution in [0.1, 0.15) is 39.0 Å². The molecular formula is C20H27N3O2. The molecule has 2 fully saturated rings. The zero-order chi connectivity index (χ0) is 17.4. The van der Waals surface area contributed by atoms with Crippen molar-refractivity contribution in [3.63, 3.8) is 0 Å². The second-order valence-electron chi connectivity index (χ2n) is 7.50. The molecule has 5 nitrogen and oxygen atoms in total. The van der Waals surface area contributed by atoms with Crippen LogP contribution in [-0.4, -0.2) is 46.4 Å². The number of rotatable bonds is 5. The average Bonchev–Trinajstić information content (AvgIpc) is 3.27. The summed E-state index contributed by atoms with van der Waals surface area (Å²) in [6.45, 7) is 3.12. The van der Waals surface area contributed by atoms with Gasteiger partial charge in [-0.15, -0.1) is 0 Å². The standard InChI is InChI=1S/C20H27N3O2/c1-3-25-18-12-17(20(18)10-6-7-11-20)22(2)19(24)14-23-16-9-5-4-8-15(16)13-21-23/h4-5,8-9,13,17-18H,3,6-7,10-12,14H2,1-2H3/t17-,18+/m1/s1. The van der Waals surface area contributed by atoms with Gasteiger partial charge in [-0.05, 0) is 32.3 Å². The van der Waals surface area contributed by atoms with Crippen molar-refractivity contribution in [1.29, 1.82) is 0 Å². The van der Waals surface area contributed by atoms with Crippen LogP contribution in [0.3, 0.4) is 0 Å².